The number of likely N-dealkylation sites (tertiary alicyclic amines) is 2. The first-order valence-electron chi connectivity index (χ1n) is 12.5. The number of methoxy groups -OCH3 is 1. The number of piperidine rings is 1. The maximum atomic E-state index is 12.5. The van der Waals surface area contributed by atoms with E-state index >= 15 is 0 Å². The van der Waals surface area contributed by atoms with Crippen LogP contribution < -0.4 is 15.8 Å². The lowest BCUT2D eigenvalue weighted by atomic mass is 9.86. The Labute approximate surface area is 228 Å². The van der Waals surface area contributed by atoms with Crippen molar-refractivity contribution in [2.45, 2.75) is 37.3 Å². The minimum Gasteiger partial charge on any atom is -0.497 e. The Hall–Kier alpha value is -2.52. The lowest BCUT2D eigenvalue weighted by Crippen LogP contribution is -2.57. The van der Waals surface area contributed by atoms with Gasteiger partial charge in [-0.1, -0.05) is 35.3 Å². The molecule has 2 aliphatic heterocycles. The quantitative estimate of drug-likeness (QED) is 0.493. The first-order chi connectivity index (χ1) is 17.7. The third kappa shape index (κ3) is 6.14. The van der Waals surface area contributed by atoms with E-state index in [9.17, 15) is 9.59 Å². The van der Waals surface area contributed by atoms with Crippen molar-refractivity contribution in [3.8, 4) is 5.75 Å². The molecule has 0 radical (unpaired) electrons. The Morgan fingerprint density at radius 3 is 2.43 bits per heavy atom. The molecule has 37 heavy (non-hydrogen) atoms. The molecular weight excluding hydrogens is 515 g/mol. The summed E-state index contributed by atoms with van der Waals surface area (Å²) in [4.78, 5) is 28.6. The van der Waals surface area contributed by atoms with Gasteiger partial charge in [0.2, 0.25) is 11.8 Å². The fourth-order valence-electron chi connectivity index (χ4n) is 5.21. The van der Waals surface area contributed by atoms with Crippen LogP contribution >= 0.6 is 23.2 Å². The minimum atomic E-state index is -0.821. The predicted octanol–water partition coefficient (Wildman–Crippen LogP) is 3.90. The highest BCUT2D eigenvalue weighted by Crippen LogP contribution is 2.38. The molecule has 8 nitrogen and oxygen atoms in total. The first-order valence-corrected chi connectivity index (χ1v) is 13.2. The lowest BCUT2D eigenvalue weighted by Gasteiger charge is -2.41. The molecule has 2 heterocycles. The Morgan fingerprint density at radius 2 is 1.81 bits per heavy atom. The number of hydrogen-bond acceptors (Lipinski definition) is 6. The van der Waals surface area contributed by atoms with Crippen LogP contribution in [0.25, 0.3) is 0 Å². The maximum Gasteiger partial charge on any atom is 0.243 e. The van der Waals surface area contributed by atoms with Gasteiger partial charge in [-0.2, -0.15) is 0 Å². The number of halogens is 2. The van der Waals surface area contributed by atoms with E-state index < -0.39 is 11.1 Å². The van der Waals surface area contributed by atoms with E-state index in [0.717, 1.165) is 11.3 Å². The number of hydrogen-bond donors (Lipinski definition) is 2. The summed E-state index contributed by atoms with van der Waals surface area (Å²) in [6.07, 6.45) is 1.84. The number of carbonyl (C=O) groups is 2. The molecule has 2 amide bonds. The Kier molecular flexibility index (Phi) is 8.53. The SMILES string of the molecule is COc1cccc(NC2(C(N)=O)CCN(CCOC3(c4ccc(Cl)c(Cl)c4)CCN(C(C)=O)C3)CC2)c1. The smallest absolute Gasteiger partial charge is 0.243 e. The largest absolute Gasteiger partial charge is 0.497 e. The second kappa shape index (κ2) is 11.5. The van der Waals surface area contributed by atoms with E-state index in [1.54, 1.807) is 25.0 Å². The summed E-state index contributed by atoms with van der Waals surface area (Å²) in [6, 6.07) is 13.0. The Bertz CT molecular complexity index is 1140. The fourth-order valence-corrected chi connectivity index (χ4v) is 5.50. The van der Waals surface area contributed by atoms with Crippen molar-refractivity contribution in [1.82, 2.24) is 9.80 Å². The number of primary amides is 1. The minimum absolute atomic E-state index is 0.0212. The molecule has 4 rings (SSSR count). The van der Waals surface area contributed by atoms with Gasteiger partial charge < -0.3 is 30.3 Å². The molecule has 1 unspecified atom stereocenters. The second-order valence-corrected chi connectivity index (χ2v) is 10.6. The van der Waals surface area contributed by atoms with E-state index in [1.807, 2.05) is 36.4 Å². The van der Waals surface area contributed by atoms with E-state index in [2.05, 4.69) is 10.2 Å². The lowest BCUT2D eigenvalue weighted by molar-refractivity contribution is -0.130. The summed E-state index contributed by atoms with van der Waals surface area (Å²) in [7, 11) is 1.61. The van der Waals surface area contributed by atoms with Crippen molar-refractivity contribution in [3.05, 3.63) is 58.1 Å². The molecule has 0 aromatic heterocycles. The van der Waals surface area contributed by atoms with E-state index in [0.29, 0.717) is 74.4 Å². The molecule has 10 heteroatoms. The molecule has 2 aromatic carbocycles. The number of ether oxygens (including phenoxy) is 2. The molecule has 200 valence electrons. The monoisotopic (exact) mass is 548 g/mol. The van der Waals surface area contributed by atoms with Gasteiger partial charge in [-0.25, -0.2) is 0 Å². The molecule has 2 saturated heterocycles. The molecule has 0 spiro atoms. The van der Waals surface area contributed by atoms with Gasteiger partial charge in [0.1, 0.15) is 16.9 Å². The fraction of sp³-hybridized carbons (Fsp3) is 0.481. The highest BCUT2D eigenvalue weighted by atomic mass is 35.5. The third-order valence-electron chi connectivity index (χ3n) is 7.54. The zero-order chi connectivity index (χ0) is 26.6. The second-order valence-electron chi connectivity index (χ2n) is 9.81. The van der Waals surface area contributed by atoms with Crippen molar-refractivity contribution >= 4 is 40.7 Å². The molecule has 0 saturated carbocycles. The van der Waals surface area contributed by atoms with Crippen molar-refractivity contribution < 1.29 is 19.1 Å². The number of benzene rings is 2. The van der Waals surface area contributed by atoms with Crippen LogP contribution in [0, 0.1) is 0 Å². The Morgan fingerprint density at radius 1 is 1.05 bits per heavy atom. The summed E-state index contributed by atoms with van der Waals surface area (Å²) in [5.41, 5.74) is 6.12. The summed E-state index contributed by atoms with van der Waals surface area (Å²) in [5.74, 6) is 0.373. The predicted molar refractivity (Wildman–Crippen MR) is 145 cm³/mol. The molecule has 0 aliphatic carbocycles. The molecule has 2 aliphatic rings. The molecular formula is C27H34Cl2N4O4. The van der Waals surface area contributed by atoms with Gasteiger partial charge >= 0.3 is 0 Å². The van der Waals surface area contributed by atoms with Crippen LogP contribution in [0.3, 0.4) is 0 Å². The topological polar surface area (TPSA) is 97.1 Å². The standard InChI is InChI=1S/C27H34Cl2N4O4/c1-19(34)33-13-10-27(18-33,20-6-7-23(28)24(29)16-20)37-15-14-32-11-8-26(9-12-32,25(30)35)31-21-4-3-5-22(17-21)36-2/h3-7,16-17,31H,8-15,18H2,1-2H3,(H2,30,35). The number of carbonyl (C=O) groups excluding carboxylic acids is 2. The van der Waals surface area contributed by atoms with Crippen LogP contribution in [0.4, 0.5) is 5.69 Å². The van der Waals surface area contributed by atoms with Crippen molar-refractivity contribution in [3.63, 3.8) is 0 Å². The van der Waals surface area contributed by atoms with Gasteiger partial charge in [0.05, 0.1) is 30.3 Å². The number of nitrogens with one attached hydrogen (secondary N) is 1. The zero-order valence-corrected chi connectivity index (χ0v) is 22.8. The van der Waals surface area contributed by atoms with E-state index in [1.165, 1.54) is 0 Å². The average Bonchev–Trinajstić information content (AvgIpc) is 3.33. The van der Waals surface area contributed by atoms with Crippen LogP contribution in [-0.4, -0.2) is 73.6 Å². The number of nitrogens with two attached hydrogens (primary N) is 1. The molecule has 2 fully saturated rings. The van der Waals surface area contributed by atoms with Crippen LogP contribution in [0.1, 0.15) is 31.7 Å². The normalized spacial score (nSPS) is 21.6. The van der Waals surface area contributed by atoms with Gasteiger partial charge in [0.15, 0.2) is 0 Å². The molecule has 1 atom stereocenters. The molecule has 0 bridgehead atoms. The van der Waals surface area contributed by atoms with E-state index in [-0.39, 0.29) is 11.8 Å². The number of anilines is 1. The third-order valence-corrected chi connectivity index (χ3v) is 8.28. The van der Waals surface area contributed by atoms with Gasteiger partial charge in [0.25, 0.3) is 0 Å². The number of amides is 2. The van der Waals surface area contributed by atoms with Crippen LogP contribution in [0.15, 0.2) is 42.5 Å². The number of nitrogens with zero attached hydrogens (tertiary/aromatic N) is 2. The van der Waals surface area contributed by atoms with Crippen LogP contribution in [0.2, 0.25) is 10.0 Å². The molecule has 2 aromatic rings. The van der Waals surface area contributed by atoms with Crippen LogP contribution in [-0.2, 0) is 19.9 Å². The summed E-state index contributed by atoms with van der Waals surface area (Å²) in [5, 5.41) is 4.32. The van der Waals surface area contributed by atoms with E-state index in [4.69, 9.17) is 38.4 Å². The highest BCUT2D eigenvalue weighted by Gasteiger charge is 2.43. The zero-order valence-electron chi connectivity index (χ0n) is 21.3. The van der Waals surface area contributed by atoms with Gasteiger partial charge in [-0.3, -0.25) is 9.59 Å². The Balaban J connectivity index is 1.38. The number of rotatable bonds is 9. The molecule has 3 N–H and O–H groups in total. The average molecular weight is 549 g/mol. The summed E-state index contributed by atoms with van der Waals surface area (Å²) < 4.78 is 11.8. The first kappa shape index (κ1) is 27.5. The maximum absolute atomic E-state index is 12.5. The van der Waals surface area contributed by atoms with Crippen LogP contribution in [0.5, 0.6) is 5.75 Å². The van der Waals surface area contributed by atoms with Crippen molar-refractivity contribution in [2.75, 3.05) is 51.8 Å². The van der Waals surface area contributed by atoms with Crippen molar-refractivity contribution in [1.29, 1.82) is 0 Å². The van der Waals surface area contributed by atoms with Gasteiger partial charge in [-0.05, 0) is 49.1 Å². The van der Waals surface area contributed by atoms with Gasteiger partial charge in [0, 0.05) is 44.9 Å². The summed E-state index contributed by atoms with van der Waals surface area (Å²) >= 11 is 12.5. The highest BCUT2D eigenvalue weighted by molar-refractivity contribution is 6.42. The van der Waals surface area contributed by atoms with Crippen molar-refractivity contribution in [2.24, 2.45) is 5.73 Å². The summed E-state index contributed by atoms with van der Waals surface area (Å²) in [6.45, 7) is 5.22. The van der Waals surface area contributed by atoms with Gasteiger partial charge in [-0.15, -0.1) is 0 Å².